The van der Waals surface area contributed by atoms with Gasteiger partial charge in [0.2, 0.25) is 0 Å². The number of carbonyl (C=O) groups is 1. The van der Waals surface area contributed by atoms with Crippen LogP contribution in [0.3, 0.4) is 0 Å². The Morgan fingerprint density at radius 1 is 1.11 bits per heavy atom. The molecule has 0 aliphatic carbocycles. The Labute approximate surface area is 223 Å². The van der Waals surface area contributed by atoms with Gasteiger partial charge in [-0.05, 0) is 74.7 Å². The first kappa shape index (κ1) is 25.7. The van der Waals surface area contributed by atoms with Crippen molar-refractivity contribution in [1.29, 1.82) is 0 Å². The molecule has 4 aromatic rings. The molecule has 0 spiro atoms. The predicted octanol–water partition coefficient (Wildman–Crippen LogP) is 4.32. The van der Waals surface area contributed by atoms with E-state index in [0.717, 1.165) is 71.7 Å². The molecule has 4 heterocycles. The lowest BCUT2D eigenvalue weighted by atomic mass is 10.00. The molecule has 0 bridgehead atoms. The van der Waals surface area contributed by atoms with Crippen molar-refractivity contribution in [3.63, 3.8) is 0 Å². The lowest BCUT2D eigenvalue weighted by Crippen LogP contribution is -2.43. The van der Waals surface area contributed by atoms with Crippen LogP contribution in [0.1, 0.15) is 53.5 Å². The number of piperazine rings is 1. The number of aryl methyl sites for hydroxylation is 2. The van der Waals surface area contributed by atoms with Crippen molar-refractivity contribution < 1.29 is 4.79 Å². The van der Waals surface area contributed by atoms with Gasteiger partial charge in [0.05, 0.1) is 0 Å². The van der Waals surface area contributed by atoms with E-state index in [-0.39, 0.29) is 18.0 Å². The van der Waals surface area contributed by atoms with Gasteiger partial charge in [0.25, 0.3) is 11.5 Å². The summed E-state index contributed by atoms with van der Waals surface area (Å²) in [5.41, 5.74) is 5.58. The summed E-state index contributed by atoms with van der Waals surface area (Å²) in [5, 5.41) is 7.26. The molecule has 3 aromatic heterocycles. The van der Waals surface area contributed by atoms with Gasteiger partial charge < -0.3 is 25.1 Å². The number of anilines is 1. The Bertz CT molecular complexity index is 1510. The molecule has 0 radical (unpaired) electrons. The van der Waals surface area contributed by atoms with Gasteiger partial charge in [-0.25, -0.2) is 4.98 Å². The van der Waals surface area contributed by atoms with E-state index in [4.69, 9.17) is 4.98 Å². The Morgan fingerprint density at radius 3 is 2.58 bits per heavy atom. The molecule has 8 heteroatoms. The van der Waals surface area contributed by atoms with Crippen molar-refractivity contribution in [3.05, 3.63) is 81.5 Å². The molecule has 1 aliphatic heterocycles. The molecule has 1 aromatic carbocycles. The quantitative estimate of drug-likeness (QED) is 0.343. The second-order valence-corrected chi connectivity index (χ2v) is 10.2. The Balaban J connectivity index is 1.50. The van der Waals surface area contributed by atoms with E-state index in [0.29, 0.717) is 17.2 Å². The van der Waals surface area contributed by atoms with Crippen LogP contribution in [-0.4, -0.2) is 46.6 Å². The molecular weight excluding hydrogens is 476 g/mol. The van der Waals surface area contributed by atoms with Gasteiger partial charge in [-0.2, -0.15) is 0 Å². The van der Waals surface area contributed by atoms with Crippen molar-refractivity contribution >= 4 is 22.6 Å². The van der Waals surface area contributed by atoms with Crippen molar-refractivity contribution in [2.75, 3.05) is 31.1 Å². The molecule has 5 rings (SSSR count). The zero-order valence-electron chi connectivity index (χ0n) is 22.6. The fourth-order valence-corrected chi connectivity index (χ4v) is 5.20. The molecule has 3 N–H and O–H groups in total. The van der Waals surface area contributed by atoms with Crippen LogP contribution < -0.4 is 21.1 Å². The van der Waals surface area contributed by atoms with Gasteiger partial charge in [0.15, 0.2) is 0 Å². The van der Waals surface area contributed by atoms with Crippen molar-refractivity contribution in [3.8, 4) is 11.1 Å². The van der Waals surface area contributed by atoms with E-state index in [9.17, 15) is 9.59 Å². The van der Waals surface area contributed by atoms with E-state index in [1.54, 1.807) is 0 Å². The number of H-pyrrole nitrogens is 1. The molecule has 8 nitrogen and oxygen atoms in total. The number of nitrogens with one attached hydrogen (secondary N) is 3. The summed E-state index contributed by atoms with van der Waals surface area (Å²) in [6.07, 6.45) is 4.93. The first-order valence-corrected chi connectivity index (χ1v) is 13.4. The number of hydrogen-bond acceptors (Lipinski definition) is 5. The minimum Gasteiger partial charge on any atom is -0.354 e. The maximum absolute atomic E-state index is 13.6. The standard InChI is InChI=1S/C30H36N6O2/c1-5-21(4)36-11-8-24-25(29(37)33-18-26-19(2)14-20(3)34-30(26)38)15-23(16-27(24)36)22-6-7-28(32-17-22)35-12-9-31-10-13-35/h6-8,11,14-17,21,31H,5,9-10,12-13,18H2,1-4H3,(H,33,37)(H,34,38)/t21-/m0/s1. The first-order valence-electron chi connectivity index (χ1n) is 13.4. The number of nitrogens with zero attached hydrogens (tertiary/aromatic N) is 3. The summed E-state index contributed by atoms with van der Waals surface area (Å²) in [5.74, 6) is 0.763. The third-order valence-corrected chi connectivity index (χ3v) is 7.59. The molecule has 38 heavy (non-hydrogen) atoms. The molecule has 1 atom stereocenters. The van der Waals surface area contributed by atoms with Gasteiger partial charge in [0, 0.05) is 84.4 Å². The van der Waals surface area contributed by atoms with E-state index in [1.165, 1.54) is 0 Å². The molecule has 0 saturated carbocycles. The number of rotatable bonds is 7. The molecule has 198 valence electrons. The summed E-state index contributed by atoms with van der Waals surface area (Å²) < 4.78 is 2.23. The number of benzene rings is 1. The number of hydrogen-bond donors (Lipinski definition) is 3. The maximum atomic E-state index is 13.6. The minimum atomic E-state index is -0.205. The predicted molar refractivity (Wildman–Crippen MR) is 153 cm³/mol. The molecule has 1 amide bonds. The highest BCUT2D eigenvalue weighted by atomic mass is 16.1. The van der Waals surface area contributed by atoms with Crippen LogP contribution in [0.4, 0.5) is 5.82 Å². The number of carbonyl (C=O) groups excluding carboxylic acids is 1. The zero-order valence-corrected chi connectivity index (χ0v) is 22.6. The summed E-state index contributed by atoms with van der Waals surface area (Å²) in [4.78, 5) is 35.9. The Morgan fingerprint density at radius 2 is 1.89 bits per heavy atom. The number of amides is 1. The number of aromatic amines is 1. The molecular formula is C30H36N6O2. The van der Waals surface area contributed by atoms with Crippen LogP contribution in [0.15, 0.2) is 53.6 Å². The molecule has 1 saturated heterocycles. The van der Waals surface area contributed by atoms with E-state index in [1.807, 2.05) is 38.2 Å². The SMILES string of the molecule is CC[C@H](C)n1ccc2c(C(=O)NCc3c(C)cc(C)[nH]c3=O)cc(-c3ccc(N4CCNCC4)nc3)cc21. The highest BCUT2D eigenvalue weighted by Crippen LogP contribution is 2.31. The fraction of sp³-hybridized carbons (Fsp3) is 0.367. The van der Waals surface area contributed by atoms with Crippen LogP contribution >= 0.6 is 0 Å². The van der Waals surface area contributed by atoms with Gasteiger partial charge in [-0.3, -0.25) is 9.59 Å². The van der Waals surface area contributed by atoms with Gasteiger partial charge >= 0.3 is 0 Å². The summed E-state index contributed by atoms with van der Waals surface area (Å²) >= 11 is 0. The molecule has 1 aliphatic rings. The average molecular weight is 513 g/mol. The Hall–Kier alpha value is -3.91. The van der Waals surface area contributed by atoms with E-state index >= 15 is 0 Å². The van der Waals surface area contributed by atoms with E-state index in [2.05, 4.69) is 63.3 Å². The van der Waals surface area contributed by atoms with Crippen LogP contribution in [0.5, 0.6) is 0 Å². The monoisotopic (exact) mass is 512 g/mol. The smallest absolute Gasteiger partial charge is 0.253 e. The number of pyridine rings is 2. The summed E-state index contributed by atoms with van der Waals surface area (Å²) in [6.45, 7) is 12.0. The van der Waals surface area contributed by atoms with Crippen molar-refractivity contribution in [1.82, 2.24) is 25.2 Å². The second kappa shape index (κ2) is 10.8. The van der Waals surface area contributed by atoms with Crippen molar-refractivity contribution in [2.24, 2.45) is 0 Å². The van der Waals surface area contributed by atoms with Crippen LogP contribution in [0.2, 0.25) is 0 Å². The van der Waals surface area contributed by atoms with Crippen molar-refractivity contribution in [2.45, 2.75) is 46.7 Å². The van der Waals surface area contributed by atoms with Gasteiger partial charge in [-0.15, -0.1) is 0 Å². The molecule has 1 fully saturated rings. The number of aromatic nitrogens is 3. The topological polar surface area (TPSA) is 95.0 Å². The molecule has 0 unspecified atom stereocenters. The lowest BCUT2D eigenvalue weighted by molar-refractivity contribution is 0.0952. The van der Waals surface area contributed by atoms with Crippen LogP contribution in [0, 0.1) is 13.8 Å². The highest BCUT2D eigenvalue weighted by Gasteiger charge is 2.18. The Kier molecular flexibility index (Phi) is 7.33. The van der Waals surface area contributed by atoms with Crippen LogP contribution in [0.25, 0.3) is 22.0 Å². The van der Waals surface area contributed by atoms with Crippen LogP contribution in [-0.2, 0) is 6.54 Å². The third-order valence-electron chi connectivity index (χ3n) is 7.59. The average Bonchev–Trinajstić information content (AvgIpc) is 3.36. The summed E-state index contributed by atoms with van der Waals surface area (Å²) in [7, 11) is 0. The van der Waals surface area contributed by atoms with Gasteiger partial charge in [-0.1, -0.05) is 6.92 Å². The van der Waals surface area contributed by atoms with E-state index < -0.39 is 0 Å². The lowest BCUT2D eigenvalue weighted by Gasteiger charge is -2.28. The normalized spacial score (nSPS) is 14.6. The second-order valence-electron chi connectivity index (χ2n) is 10.2. The third kappa shape index (κ3) is 5.09. The first-order chi connectivity index (χ1) is 18.4. The zero-order chi connectivity index (χ0) is 26.8. The fourth-order valence-electron chi connectivity index (χ4n) is 5.20. The summed E-state index contributed by atoms with van der Waals surface area (Å²) in [6, 6.07) is 12.5. The van der Waals surface area contributed by atoms with Gasteiger partial charge in [0.1, 0.15) is 5.82 Å². The largest absolute Gasteiger partial charge is 0.354 e. The highest BCUT2D eigenvalue weighted by molar-refractivity contribution is 6.08. The minimum absolute atomic E-state index is 0.166. The maximum Gasteiger partial charge on any atom is 0.253 e. The number of fused-ring (bicyclic) bond motifs is 1.